The monoisotopic (exact) mass is 497 g/mol. The number of ether oxygens (including phenoxy) is 1. The number of carbonyl (C=O) groups is 2. The van der Waals surface area contributed by atoms with Gasteiger partial charge in [0.1, 0.15) is 17.7 Å². The lowest BCUT2D eigenvalue weighted by atomic mass is 10.1. The van der Waals surface area contributed by atoms with Crippen LogP contribution in [0.2, 0.25) is 0 Å². The third kappa shape index (κ3) is 4.27. The van der Waals surface area contributed by atoms with Crippen molar-refractivity contribution in [2.24, 2.45) is 0 Å². The smallest absolute Gasteiger partial charge is 0.414 e. The van der Waals surface area contributed by atoms with Crippen LogP contribution in [-0.4, -0.2) is 61.5 Å². The summed E-state index contributed by atoms with van der Waals surface area (Å²) in [5, 5.41) is 0. The van der Waals surface area contributed by atoms with Crippen LogP contribution in [0.25, 0.3) is 5.95 Å². The van der Waals surface area contributed by atoms with Gasteiger partial charge in [0.05, 0.1) is 31.0 Å². The van der Waals surface area contributed by atoms with Crippen molar-refractivity contribution in [2.75, 3.05) is 29.4 Å². The van der Waals surface area contributed by atoms with Gasteiger partial charge in [0.15, 0.2) is 0 Å². The van der Waals surface area contributed by atoms with Gasteiger partial charge in [-0.25, -0.2) is 38.1 Å². The molecule has 0 spiro atoms. The zero-order valence-corrected chi connectivity index (χ0v) is 19.5. The van der Waals surface area contributed by atoms with E-state index in [0.717, 1.165) is 4.57 Å². The fourth-order valence-corrected chi connectivity index (χ4v) is 4.48. The van der Waals surface area contributed by atoms with Crippen molar-refractivity contribution in [1.82, 2.24) is 23.9 Å². The summed E-state index contributed by atoms with van der Waals surface area (Å²) in [5.41, 5.74) is -0.467. The maximum atomic E-state index is 15.2. The van der Waals surface area contributed by atoms with Crippen LogP contribution in [0.5, 0.6) is 0 Å². The number of halogens is 1. The lowest BCUT2D eigenvalue weighted by Gasteiger charge is -2.23. The Morgan fingerprint density at radius 1 is 1.06 bits per heavy atom. The van der Waals surface area contributed by atoms with Crippen LogP contribution < -0.4 is 21.2 Å². The number of anilines is 2. The number of aromatic nitrogens is 5. The quantitative estimate of drug-likeness (QED) is 0.493. The summed E-state index contributed by atoms with van der Waals surface area (Å²) in [7, 11) is 0. The Balaban J connectivity index is 1.32. The highest BCUT2D eigenvalue weighted by Gasteiger charge is 2.33. The summed E-state index contributed by atoms with van der Waals surface area (Å²) in [5.74, 6) is -0.525. The Kier molecular flexibility index (Phi) is 6.12. The highest BCUT2D eigenvalue weighted by atomic mass is 19.1. The second-order valence-corrected chi connectivity index (χ2v) is 8.68. The number of nitrogens with zero attached hydrogens (tertiary/aromatic N) is 7. The third-order valence-corrected chi connectivity index (χ3v) is 6.31. The largest absolute Gasteiger partial charge is 0.444 e. The molecule has 36 heavy (non-hydrogen) atoms. The summed E-state index contributed by atoms with van der Waals surface area (Å²) < 4.78 is 24.0. The molecule has 2 aliphatic rings. The topological polar surface area (TPSA) is 125 Å². The molecule has 1 aromatic carbocycles. The minimum absolute atomic E-state index is 0.00281. The lowest BCUT2D eigenvalue weighted by molar-refractivity contribution is -0.117. The van der Waals surface area contributed by atoms with Gasteiger partial charge in [0, 0.05) is 31.9 Å². The average molecular weight is 497 g/mol. The third-order valence-electron chi connectivity index (χ3n) is 6.31. The second-order valence-electron chi connectivity index (χ2n) is 8.68. The molecule has 2 aromatic heterocycles. The molecule has 0 bridgehead atoms. The normalized spacial score (nSPS) is 17.6. The van der Waals surface area contributed by atoms with Crippen molar-refractivity contribution in [1.29, 1.82) is 0 Å². The van der Waals surface area contributed by atoms with Gasteiger partial charge >= 0.3 is 17.5 Å². The zero-order chi connectivity index (χ0) is 25.4. The molecule has 1 saturated heterocycles. The van der Waals surface area contributed by atoms with E-state index in [1.54, 1.807) is 23.1 Å². The number of Topliss-reactive ketones (excluding diaryl/α,β-unsaturated/α-hetero) is 1. The highest BCUT2D eigenvalue weighted by molar-refractivity contribution is 5.90. The van der Waals surface area contributed by atoms with Crippen molar-refractivity contribution in [3.05, 3.63) is 63.4 Å². The van der Waals surface area contributed by atoms with Crippen molar-refractivity contribution < 1.29 is 18.7 Å². The number of ketones is 1. The minimum atomic E-state index is -0.581. The molecule has 13 heteroatoms. The molecule has 0 N–H and O–H groups in total. The molecule has 0 radical (unpaired) electrons. The fraction of sp³-hybridized carbons (Fsp3) is 0.391. The maximum Gasteiger partial charge on any atom is 0.414 e. The molecule has 5 rings (SSSR count). The van der Waals surface area contributed by atoms with Gasteiger partial charge in [-0.1, -0.05) is 0 Å². The lowest BCUT2D eigenvalue weighted by Crippen LogP contribution is -2.33. The van der Waals surface area contributed by atoms with Gasteiger partial charge in [-0.2, -0.15) is 4.57 Å². The number of fused-ring (bicyclic) bond motifs is 1. The van der Waals surface area contributed by atoms with Gasteiger partial charge in [0.25, 0.3) is 0 Å². The summed E-state index contributed by atoms with van der Waals surface area (Å²) in [6.45, 7) is 2.61. The van der Waals surface area contributed by atoms with Crippen LogP contribution in [0.1, 0.15) is 19.8 Å². The van der Waals surface area contributed by atoms with Crippen LogP contribution in [0, 0.1) is 5.82 Å². The summed E-state index contributed by atoms with van der Waals surface area (Å²) >= 11 is 0. The van der Waals surface area contributed by atoms with E-state index in [1.165, 1.54) is 39.6 Å². The van der Waals surface area contributed by atoms with Crippen LogP contribution in [0.4, 0.5) is 20.6 Å². The molecule has 0 saturated carbocycles. The summed E-state index contributed by atoms with van der Waals surface area (Å²) in [6, 6.07) is 6.05. The number of amides is 1. The number of benzene rings is 1. The SMILES string of the molecule is CC(=O)CC[C@H]1CN(c2ccc(N3CCn4c(=O)n(-c5ncccn5)c(=O)n4CC3)c(F)c2)C(=O)O1. The fourth-order valence-electron chi connectivity index (χ4n) is 4.48. The molecule has 188 valence electrons. The van der Waals surface area contributed by atoms with E-state index in [-0.39, 0.29) is 44.5 Å². The summed E-state index contributed by atoms with van der Waals surface area (Å²) in [6.07, 6.45) is 2.62. The van der Waals surface area contributed by atoms with Gasteiger partial charge in [0.2, 0.25) is 5.95 Å². The first-order chi connectivity index (χ1) is 17.3. The van der Waals surface area contributed by atoms with Crippen LogP contribution in [-0.2, 0) is 22.6 Å². The van der Waals surface area contributed by atoms with Crippen molar-refractivity contribution >= 4 is 23.3 Å². The van der Waals surface area contributed by atoms with Crippen LogP contribution >= 0.6 is 0 Å². The van der Waals surface area contributed by atoms with Crippen molar-refractivity contribution in [3.63, 3.8) is 0 Å². The molecule has 1 atom stereocenters. The molecular weight excluding hydrogens is 473 g/mol. The molecule has 1 amide bonds. The average Bonchev–Trinajstić information content (AvgIpc) is 3.23. The molecule has 1 fully saturated rings. The number of carbonyl (C=O) groups excluding carboxylic acids is 2. The van der Waals surface area contributed by atoms with E-state index in [2.05, 4.69) is 9.97 Å². The Hall–Kier alpha value is -4.29. The van der Waals surface area contributed by atoms with Crippen molar-refractivity contribution in [3.8, 4) is 5.95 Å². The first kappa shape index (κ1) is 23.5. The summed E-state index contributed by atoms with van der Waals surface area (Å²) in [4.78, 5) is 60.4. The predicted octanol–water partition coefficient (Wildman–Crippen LogP) is 0.944. The Labute approximate surface area is 204 Å². The zero-order valence-electron chi connectivity index (χ0n) is 19.5. The highest BCUT2D eigenvalue weighted by Crippen LogP contribution is 2.29. The first-order valence-corrected chi connectivity index (χ1v) is 11.6. The first-order valence-electron chi connectivity index (χ1n) is 11.6. The Morgan fingerprint density at radius 3 is 2.33 bits per heavy atom. The van der Waals surface area contributed by atoms with E-state index < -0.39 is 29.4 Å². The second kappa shape index (κ2) is 9.40. The van der Waals surface area contributed by atoms with E-state index in [9.17, 15) is 19.2 Å². The molecule has 0 aliphatic carbocycles. The van der Waals surface area contributed by atoms with Crippen LogP contribution in [0.15, 0.2) is 46.2 Å². The Morgan fingerprint density at radius 2 is 1.72 bits per heavy atom. The molecule has 0 unspecified atom stereocenters. The van der Waals surface area contributed by atoms with E-state index in [4.69, 9.17) is 4.74 Å². The number of cyclic esters (lactones) is 1. The van der Waals surface area contributed by atoms with Gasteiger partial charge in [-0.05, 0) is 37.6 Å². The van der Waals surface area contributed by atoms with Crippen LogP contribution in [0.3, 0.4) is 0 Å². The maximum absolute atomic E-state index is 15.2. The molecule has 12 nitrogen and oxygen atoms in total. The minimum Gasteiger partial charge on any atom is -0.444 e. The van der Waals surface area contributed by atoms with Gasteiger partial charge < -0.3 is 14.4 Å². The van der Waals surface area contributed by atoms with E-state index in [1.807, 2.05) is 0 Å². The van der Waals surface area contributed by atoms with Gasteiger partial charge in [-0.3, -0.25) is 4.90 Å². The number of hydrogen-bond acceptors (Lipinski definition) is 8. The standard InChI is InChI=1S/C23H24FN7O5/c1-15(32)3-5-17-14-28(23(35)36-17)16-4-6-19(18(24)13-16)27-9-11-29-21(33)31(20-25-7-2-8-26-20)22(34)30(29)12-10-27/h2,4,6-8,13,17H,3,5,9-12,14H2,1H3/t17-/m0/s1. The van der Waals surface area contributed by atoms with E-state index in [0.29, 0.717) is 24.2 Å². The van der Waals surface area contributed by atoms with Gasteiger partial charge in [-0.15, -0.1) is 0 Å². The molecule has 4 heterocycles. The molecular formula is C23H24FN7O5. The van der Waals surface area contributed by atoms with Crippen molar-refractivity contribution in [2.45, 2.75) is 39.0 Å². The molecule has 3 aromatic rings. The van der Waals surface area contributed by atoms with E-state index >= 15 is 4.39 Å². The number of hydrogen-bond donors (Lipinski definition) is 0. The Bertz CT molecular complexity index is 1390. The number of rotatable bonds is 6. The molecule has 2 aliphatic heterocycles. The predicted molar refractivity (Wildman–Crippen MR) is 126 cm³/mol.